The van der Waals surface area contributed by atoms with E-state index in [4.69, 9.17) is 16.3 Å². The summed E-state index contributed by atoms with van der Waals surface area (Å²) in [7, 11) is 0. The summed E-state index contributed by atoms with van der Waals surface area (Å²) in [6.07, 6.45) is -3.06. The van der Waals surface area contributed by atoms with Crippen LogP contribution in [-0.4, -0.2) is 23.1 Å². The summed E-state index contributed by atoms with van der Waals surface area (Å²) in [5.74, 6) is -1.13. The Morgan fingerprint density at radius 2 is 1.79 bits per heavy atom. The fraction of sp³-hybridized carbons (Fsp3) is 0.286. The molecule has 0 atom stereocenters. The van der Waals surface area contributed by atoms with Crippen LogP contribution < -0.4 is 4.74 Å². The van der Waals surface area contributed by atoms with Gasteiger partial charge in [-0.15, -0.1) is 0 Å². The van der Waals surface area contributed by atoms with Crippen LogP contribution in [0, 0.1) is 13.8 Å². The number of carbonyl (C=O) groups is 1. The normalized spacial score (nSPS) is 11.8. The quantitative estimate of drug-likeness (QED) is 0.362. The molecule has 1 heterocycles. The molecule has 3 rings (SSSR count). The van der Waals surface area contributed by atoms with Crippen molar-refractivity contribution in [1.29, 1.82) is 0 Å². The second kappa shape index (κ2) is 7.87. The second-order valence-electron chi connectivity index (χ2n) is 6.65. The SMILES string of the molecule is Cc1cc(OCCCn2cc(C(=O)C(F)(F)F)c3ccccc32)cc(C)c1Cl. The highest BCUT2D eigenvalue weighted by atomic mass is 35.5. The number of Topliss-reactive ketones (excluding diaryl/α,β-unsaturated/α-hetero) is 1. The molecule has 0 aliphatic rings. The van der Waals surface area contributed by atoms with E-state index in [9.17, 15) is 18.0 Å². The molecule has 0 fully saturated rings. The van der Waals surface area contributed by atoms with E-state index in [0.29, 0.717) is 41.2 Å². The van der Waals surface area contributed by atoms with Crippen LogP contribution in [0.2, 0.25) is 5.02 Å². The first kappa shape index (κ1) is 20.3. The summed E-state index contributed by atoms with van der Waals surface area (Å²) in [6.45, 7) is 4.60. The van der Waals surface area contributed by atoms with Gasteiger partial charge in [-0.05, 0) is 49.6 Å². The Bertz CT molecular complexity index is 1000. The number of fused-ring (bicyclic) bond motifs is 1. The Kier molecular flexibility index (Phi) is 5.70. The van der Waals surface area contributed by atoms with E-state index in [1.165, 1.54) is 12.3 Å². The molecular formula is C21H19ClF3NO2. The standard InChI is InChI=1S/C21H19ClF3NO2/c1-13-10-15(11-14(2)19(13)22)28-9-5-8-26-12-17(20(27)21(23,24)25)16-6-3-4-7-18(16)26/h3-4,6-7,10-12H,5,8-9H2,1-2H3. The molecule has 0 saturated carbocycles. The van der Waals surface area contributed by atoms with Crippen molar-refractivity contribution in [2.45, 2.75) is 33.0 Å². The van der Waals surface area contributed by atoms with Gasteiger partial charge in [0.05, 0.1) is 12.2 Å². The van der Waals surface area contributed by atoms with E-state index in [1.807, 2.05) is 26.0 Å². The van der Waals surface area contributed by atoms with Gasteiger partial charge in [0.2, 0.25) is 0 Å². The predicted molar refractivity (Wildman–Crippen MR) is 103 cm³/mol. The molecule has 0 aliphatic heterocycles. The highest BCUT2D eigenvalue weighted by Gasteiger charge is 2.40. The molecule has 2 aromatic carbocycles. The Hall–Kier alpha value is -2.47. The van der Waals surface area contributed by atoms with Crippen LogP contribution in [0.5, 0.6) is 5.75 Å². The van der Waals surface area contributed by atoms with E-state index < -0.39 is 12.0 Å². The van der Waals surface area contributed by atoms with Gasteiger partial charge < -0.3 is 9.30 Å². The molecule has 0 spiro atoms. The Morgan fingerprint density at radius 3 is 2.43 bits per heavy atom. The highest BCUT2D eigenvalue weighted by molar-refractivity contribution is 6.32. The number of aromatic nitrogens is 1. The van der Waals surface area contributed by atoms with Crippen LogP contribution in [0.3, 0.4) is 0 Å². The monoisotopic (exact) mass is 409 g/mol. The van der Waals surface area contributed by atoms with Gasteiger partial charge in [-0.3, -0.25) is 4.79 Å². The zero-order valence-electron chi connectivity index (χ0n) is 15.4. The van der Waals surface area contributed by atoms with Crippen LogP contribution in [0.1, 0.15) is 27.9 Å². The summed E-state index contributed by atoms with van der Waals surface area (Å²) in [4.78, 5) is 11.7. The third-order valence-corrected chi connectivity index (χ3v) is 5.11. The van der Waals surface area contributed by atoms with Crippen molar-refractivity contribution in [1.82, 2.24) is 4.57 Å². The van der Waals surface area contributed by atoms with E-state index >= 15 is 0 Å². The summed E-state index contributed by atoms with van der Waals surface area (Å²) in [6, 6.07) is 10.3. The number of hydrogen-bond donors (Lipinski definition) is 0. The van der Waals surface area contributed by atoms with Crippen molar-refractivity contribution >= 4 is 28.3 Å². The lowest BCUT2D eigenvalue weighted by atomic mass is 10.1. The summed E-state index contributed by atoms with van der Waals surface area (Å²) in [5, 5.41) is 1.00. The van der Waals surface area contributed by atoms with Crippen molar-refractivity contribution < 1.29 is 22.7 Å². The third-order valence-electron chi connectivity index (χ3n) is 4.51. The van der Waals surface area contributed by atoms with E-state index in [0.717, 1.165) is 11.1 Å². The molecule has 0 bridgehead atoms. The van der Waals surface area contributed by atoms with Gasteiger partial charge in [0.1, 0.15) is 5.75 Å². The van der Waals surface area contributed by atoms with E-state index in [2.05, 4.69) is 0 Å². The minimum atomic E-state index is -4.90. The number of nitrogens with zero attached hydrogens (tertiary/aromatic N) is 1. The number of benzene rings is 2. The van der Waals surface area contributed by atoms with Crippen LogP contribution >= 0.6 is 11.6 Å². The largest absolute Gasteiger partial charge is 0.494 e. The molecule has 28 heavy (non-hydrogen) atoms. The average Bonchev–Trinajstić information content (AvgIpc) is 3.00. The van der Waals surface area contributed by atoms with E-state index in [-0.39, 0.29) is 5.56 Å². The van der Waals surface area contributed by atoms with Gasteiger partial charge >= 0.3 is 6.18 Å². The van der Waals surface area contributed by atoms with Gasteiger partial charge in [-0.25, -0.2) is 0 Å². The van der Waals surface area contributed by atoms with Gasteiger partial charge in [0.15, 0.2) is 0 Å². The maximum Gasteiger partial charge on any atom is 0.454 e. The number of aryl methyl sites for hydroxylation is 3. The molecule has 0 radical (unpaired) electrons. The Balaban J connectivity index is 1.72. The van der Waals surface area contributed by atoms with Gasteiger partial charge in [0, 0.05) is 28.7 Å². The number of para-hydroxylation sites is 1. The zero-order chi connectivity index (χ0) is 20.5. The number of ether oxygens (including phenoxy) is 1. The molecule has 0 aliphatic carbocycles. The molecule has 3 nitrogen and oxygen atoms in total. The van der Waals surface area contributed by atoms with Crippen molar-refractivity contribution in [3.8, 4) is 5.75 Å². The molecule has 0 amide bonds. The minimum absolute atomic E-state index is 0.301. The van der Waals surface area contributed by atoms with Crippen LogP contribution in [0.4, 0.5) is 13.2 Å². The summed E-state index contributed by atoms with van der Waals surface area (Å²) < 4.78 is 46.0. The Labute approximate surface area is 165 Å². The number of rotatable bonds is 6. The first-order chi connectivity index (χ1) is 13.2. The molecule has 0 N–H and O–H groups in total. The van der Waals surface area contributed by atoms with Gasteiger partial charge in [-0.1, -0.05) is 29.8 Å². The number of alkyl halides is 3. The molecule has 3 aromatic rings. The maximum atomic E-state index is 12.9. The van der Waals surface area contributed by atoms with Crippen molar-refractivity contribution in [2.75, 3.05) is 6.61 Å². The van der Waals surface area contributed by atoms with Crippen LogP contribution in [-0.2, 0) is 6.54 Å². The van der Waals surface area contributed by atoms with Crippen molar-refractivity contribution in [2.24, 2.45) is 0 Å². The maximum absolute atomic E-state index is 12.9. The first-order valence-electron chi connectivity index (χ1n) is 8.77. The van der Waals surface area contributed by atoms with Gasteiger partial charge in [-0.2, -0.15) is 13.2 Å². The van der Waals surface area contributed by atoms with Crippen molar-refractivity contribution in [3.05, 3.63) is 64.3 Å². The lowest BCUT2D eigenvalue weighted by Gasteiger charge is -2.10. The topological polar surface area (TPSA) is 31.2 Å². The molecule has 0 unspecified atom stereocenters. The fourth-order valence-corrected chi connectivity index (χ4v) is 3.29. The Morgan fingerprint density at radius 1 is 1.14 bits per heavy atom. The number of carbonyl (C=O) groups excluding carboxylic acids is 1. The summed E-state index contributed by atoms with van der Waals surface area (Å²) >= 11 is 6.14. The molecule has 0 saturated heterocycles. The van der Waals surface area contributed by atoms with E-state index in [1.54, 1.807) is 22.8 Å². The number of ketones is 1. The fourth-order valence-electron chi connectivity index (χ4n) is 3.18. The molecule has 7 heteroatoms. The average molecular weight is 410 g/mol. The van der Waals surface area contributed by atoms with Crippen LogP contribution in [0.25, 0.3) is 10.9 Å². The third kappa shape index (κ3) is 4.17. The molecular weight excluding hydrogens is 391 g/mol. The van der Waals surface area contributed by atoms with Gasteiger partial charge in [0.25, 0.3) is 5.78 Å². The lowest BCUT2D eigenvalue weighted by molar-refractivity contribution is -0.0884. The zero-order valence-corrected chi connectivity index (χ0v) is 16.2. The minimum Gasteiger partial charge on any atom is -0.494 e. The first-order valence-corrected chi connectivity index (χ1v) is 9.15. The number of halogens is 4. The number of hydrogen-bond acceptors (Lipinski definition) is 2. The lowest BCUT2D eigenvalue weighted by Crippen LogP contribution is -2.22. The smallest absolute Gasteiger partial charge is 0.454 e. The molecule has 148 valence electrons. The highest BCUT2D eigenvalue weighted by Crippen LogP contribution is 2.29. The van der Waals surface area contributed by atoms with Crippen molar-refractivity contribution in [3.63, 3.8) is 0 Å². The second-order valence-corrected chi connectivity index (χ2v) is 7.03. The predicted octanol–water partition coefficient (Wildman–Crippen LogP) is 6.13. The molecule has 1 aromatic heterocycles. The van der Waals surface area contributed by atoms with Crippen LogP contribution in [0.15, 0.2) is 42.6 Å². The summed E-state index contributed by atoms with van der Waals surface area (Å²) in [5.41, 5.74) is 2.10.